The second kappa shape index (κ2) is 10.1. The number of carbonyl (C=O) groups is 2. The van der Waals surface area contributed by atoms with Crippen molar-refractivity contribution in [3.63, 3.8) is 0 Å². The molecule has 0 aromatic rings. The summed E-state index contributed by atoms with van der Waals surface area (Å²) in [6, 6.07) is -0.0648. The van der Waals surface area contributed by atoms with E-state index < -0.39 is 0 Å². The van der Waals surface area contributed by atoms with Crippen molar-refractivity contribution in [2.75, 3.05) is 13.2 Å². The molecule has 1 atom stereocenters. The van der Waals surface area contributed by atoms with Gasteiger partial charge in [0.05, 0.1) is 6.61 Å². The molecule has 3 N–H and O–H groups in total. The summed E-state index contributed by atoms with van der Waals surface area (Å²) in [6.07, 6.45) is 3.14. The summed E-state index contributed by atoms with van der Waals surface area (Å²) in [5.74, 6) is -0.265. The number of hydrogen-bond acceptors (Lipinski definition) is 4. The second-order valence-electron chi connectivity index (χ2n) is 4.01. The van der Waals surface area contributed by atoms with E-state index in [1.54, 1.807) is 6.92 Å². The van der Waals surface area contributed by atoms with Gasteiger partial charge < -0.3 is 15.8 Å². The minimum Gasteiger partial charge on any atom is -0.466 e. The van der Waals surface area contributed by atoms with Crippen LogP contribution in [0.15, 0.2) is 0 Å². The first-order chi connectivity index (χ1) is 8.10. The minimum absolute atomic E-state index is 0.0465. The van der Waals surface area contributed by atoms with Gasteiger partial charge in [0.2, 0.25) is 5.91 Å². The van der Waals surface area contributed by atoms with Gasteiger partial charge in [-0.25, -0.2) is 0 Å². The zero-order valence-electron chi connectivity index (χ0n) is 10.8. The first-order valence-electron chi connectivity index (χ1n) is 6.28. The highest BCUT2D eigenvalue weighted by Crippen LogP contribution is 1.98. The van der Waals surface area contributed by atoms with Crippen LogP contribution in [0.1, 0.15) is 46.0 Å². The van der Waals surface area contributed by atoms with Crippen LogP contribution < -0.4 is 11.1 Å². The van der Waals surface area contributed by atoms with Crippen molar-refractivity contribution >= 4 is 11.9 Å². The number of nitrogens with one attached hydrogen (secondary N) is 1. The second-order valence-corrected chi connectivity index (χ2v) is 4.01. The molecule has 0 spiro atoms. The van der Waals surface area contributed by atoms with Crippen molar-refractivity contribution in [1.82, 2.24) is 5.32 Å². The lowest BCUT2D eigenvalue weighted by atomic mass is 10.1. The van der Waals surface area contributed by atoms with E-state index in [-0.39, 0.29) is 17.9 Å². The maximum atomic E-state index is 11.4. The Morgan fingerprint density at radius 1 is 1.35 bits per heavy atom. The monoisotopic (exact) mass is 244 g/mol. The van der Waals surface area contributed by atoms with E-state index in [4.69, 9.17) is 10.5 Å². The van der Waals surface area contributed by atoms with Gasteiger partial charge in [-0.15, -0.1) is 0 Å². The number of ether oxygens (including phenoxy) is 1. The molecule has 5 nitrogen and oxygen atoms in total. The lowest BCUT2D eigenvalue weighted by Crippen LogP contribution is -2.32. The minimum atomic E-state index is -0.218. The number of nitrogens with two attached hydrogens (primary N) is 1. The zero-order valence-corrected chi connectivity index (χ0v) is 10.8. The van der Waals surface area contributed by atoms with E-state index in [1.807, 2.05) is 6.92 Å². The van der Waals surface area contributed by atoms with Gasteiger partial charge in [0.25, 0.3) is 0 Å². The molecule has 1 amide bonds. The number of carbonyl (C=O) groups excluding carboxylic acids is 2. The van der Waals surface area contributed by atoms with Crippen LogP contribution in [0.3, 0.4) is 0 Å². The van der Waals surface area contributed by atoms with Gasteiger partial charge in [0, 0.05) is 25.4 Å². The van der Waals surface area contributed by atoms with Crippen molar-refractivity contribution in [3.8, 4) is 0 Å². The summed E-state index contributed by atoms with van der Waals surface area (Å²) in [5.41, 5.74) is 5.74. The molecule has 1 unspecified atom stereocenters. The molecule has 0 aliphatic rings. The molecule has 5 heteroatoms. The molecule has 0 aliphatic heterocycles. The fraction of sp³-hybridized carbons (Fsp3) is 0.833. The van der Waals surface area contributed by atoms with Crippen molar-refractivity contribution in [3.05, 3.63) is 0 Å². The van der Waals surface area contributed by atoms with Crippen LogP contribution in [0.25, 0.3) is 0 Å². The first-order valence-corrected chi connectivity index (χ1v) is 6.28. The Morgan fingerprint density at radius 2 is 2.06 bits per heavy atom. The predicted octanol–water partition coefficient (Wildman–Crippen LogP) is 0.963. The van der Waals surface area contributed by atoms with E-state index >= 15 is 0 Å². The van der Waals surface area contributed by atoms with E-state index in [1.165, 1.54) is 0 Å². The van der Waals surface area contributed by atoms with E-state index in [9.17, 15) is 9.59 Å². The van der Waals surface area contributed by atoms with E-state index in [0.29, 0.717) is 32.4 Å². The molecule has 17 heavy (non-hydrogen) atoms. The molecular formula is C12H24N2O3. The van der Waals surface area contributed by atoms with Gasteiger partial charge in [-0.3, -0.25) is 9.59 Å². The van der Waals surface area contributed by atoms with Crippen LogP contribution >= 0.6 is 0 Å². The summed E-state index contributed by atoms with van der Waals surface area (Å²) in [7, 11) is 0. The maximum Gasteiger partial charge on any atom is 0.305 e. The molecule has 0 aromatic carbocycles. The highest BCUT2D eigenvalue weighted by atomic mass is 16.5. The van der Waals surface area contributed by atoms with E-state index in [0.717, 1.165) is 12.8 Å². The first kappa shape index (κ1) is 15.9. The number of rotatable bonds is 9. The largest absolute Gasteiger partial charge is 0.466 e. The zero-order chi connectivity index (χ0) is 13.1. The van der Waals surface area contributed by atoms with Crippen LogP contribution in [0.4, 0.5) is 0 Å². The fourth-order valence-electron chi connectivity index (χ4n) is 1.48. The Bertz CT molecular complexity index is 232. The van der Waals surface area contributed by atoms with Crippen LogP contribution in [0.5, 0.6) is 0 Å². The highest BCUT2D eigenvalue weighted by molar-refractivity contribution is 5.76. The SMILES string of the molecule is CCCC(N)CC(=O)NCCCC(=O)OCC. The quantitative estimate of drug-likeness (QED) is 0.467. The topological polar surface area (TPSA) is 81.4 Å². The van der Waals surface area contributed by atoms with Crippen molar-refractivity contribution in [2.24, 2.45) is 5.73 Å². The van der Waals surface area contributed by atoms with Crippen molar-refractivity contribution in [2.45, 2.75) is 52.0 Å². The Balaban J connectivity index is 3.48. The molecule has 100 valence electrons. The molecule has 0 fully saturated rings. The predicted molar refractivity (Wildman–Crippen MR) is 66.4 cm³/mol. The summed E-state index contributed by atoms with van der Waals surface area (Å²) >= 11 is 0. The van der Waals surface area contributed by atoms with Crippen LogP contribution in [-0.4, -0.2) is 31.1 Å². The third-order valence-electron chi connectivity index (χ3n) is 2.29. The Kier molecular flexibility index (Phi) is 9.43. The van der Waals surface area contributed by atoms with Crippen molar-refractivity contribution in [1.29, 1.82) is 0 Å². The van der Waals surface area contributed by atoms with Crippen LogP contribution in [-0.2, 0) is 14.3 Å². The average molecular weight is 244 g/mol. The number of esters is 1. The summed E-state index contributed by atoms with van der Waals surface area (Å²) in [5, 5.41) is 2.74. The molecule has 0 bridgehead atoms. The molecule has 0 saturated heterocycles. The maximum absolute atomic E-state index is 11.4. The van der Waals surface area contributed by atoms with Gasteiger partial charge >= 0.3 is 5.97 Å². The normalized spacial score (nSPS) is 11.9. The Labute approximate surface area is 103 Å². The van der Waals surface area contributed by atoms with Gasteiger partial charge in [-0.05, 0) is 19.8 Å². The molecular weight excluding hydrogens is 220 g/mol. The van der Waals surface area contributed by atoms with Crippen molar-refractivity contribution < 1.29 is 14.3 Å². The fourth-order valence-corrected chi connectivity index (χ4v) is 1.48. The lowest BCUT2D eigenvalue weighted by molar-refractivity contribution is -0.143. The van der Waals surface area contributed by atoms with Gasteiger partial charge in [-0.2, -0.15) is 0 Å². The number of hydrogen-bond donors (Lipinski definition) is 2. The smallest absolute Gasteiger partial charge is 0.305 e. The van der Waals surface area contributed by atoms with E-state index in [2.05, 4.69) is 5.32 Å². The Morgan fingerprint density at radius 3 is 2.65 bits per heavy atom. The lowest BCUT2D eigenvalue weighted by Gasteiger charge is -2.10. The van der Waals surface area contributed by atoms with Gasteiger partial charge in [0.1, 0.15) is 0 Å². The molecule has 0 rings (SSSR count). The summed E-state index contributed by atoms with van der Waals surface area (Å²) < 4.78 is 4.77. The summed E-state index contributed by atoms with van der Waals surface area (Å²) in [6.45, 7) is 4.71. The number of amides is 1. The highest BCUT2D eigenvalue weighted by Gasteiger charge is 2.08. The van der Waals surface area contributed by atoms with Crippen LogP contribution in [0, 0.1) is 0 Å². The third kappa shape index (κ3) is 9.81. The molecule has 0 heterocycles. The molecule has 0 saturated carbocycles. The third-order valence-corrected chi connectivity index (χ3v) is 2.29. The van der Waals surface area contributed by atoms with Gasteiger partial charge in [0.15, 0.2) is 0 Å². The summed E-state index contributed by atoms with van der Waals surface area (Å²) in [4.78, 5) is 22.4. The van der Waals surface area contributed by atoms with Gasteiger partial charge in [-0.1, -0.05) is 13.3 Å². The molecule has 0 aromatic heterocycles. The molecule has 0 radical (unpaired) electrons. The Hall–Kier alpha value is -1.10. The average Bonchev–Trinajstić information content (AvgIpc) is 2.25. The molecule has 0 aliphatic carbocycles. The van der Waals surface area contributed by atoms with Crippen LogP contribution in [0.2, 0.25) is 0 Å². The standard InChI is InChI=1S/C12H24N2O3/c1-3-6-10(13)9-11(15)14-8-5-7-12(16)17-4-2/h10H,3-9,13H2,1-2H3,(H,14,15).